The van der Waals surface area contributed by atoms with Gasteiger partial charge in [-0.25, -0.2) is 13.1 Å². The van der Waals surface area contributed by atoms with Gasteiger partial charge in [0.2, 0.25) is 15.9 Å². The molecular formula is C16H16N2O3S. The lowest BCUT2D eigenvalue weighted by molar-refractivity contribution is -0.117. The molecule has 3 rings (SSSR count). The number of amides is 1. The second kappa shape index (κ2) is 5.90. The van der Waals surface area contributed by atoms with Crippen molar-refractivity contribution in [2.24, 2.45) is 0 Å². The van der Waals surface area contributed by atoms with Gasteiger partial charge in [0, 0.05) is 6.54 Å². The highest BCUT2D eigenvalue weighted by atomic mass is 32.2. The third kappa shape index (κ3) is 2.88. The summed E-state index contributed by atoms with van der Waals surface area (Å²) in [6.07, 6.45) is 0.668. The molecule has 5 nitrogen and oxygen atoms in total. The maximum atomic E-state index is 12.3. The molecule has 2 aromatic carbocycles. The number of hydrogen-bond acceptors (Lipinski definition) is 3. The predicted molar refractivity (Wildman–Crippen MR) is 84.1 cm³/mol. The second-order valence-electron chi connectivity index (χ2n) is 5.07. The Bertz CT molecular complexity index is 788. The summed E-state index contributed by atoms with van der Waals surface area (Å²) in [4.78, 5) is 14.0. The minimum atomic E-state index is -3.64. The first-order valence-electron chi connectivity index (χ1n) is 7.01. The van der Waals surface area contributed by atoms with Crippen molar-refractivity contribution in [3.8, 4) is 0 Å². The molecule has 0 saturated carbocycles. The zero-order valence-corrected chi connectivity index (χ0v) is 12.7. The van der Waals surface area contributed by atoms with Crippen LogP contribution in [0.5, 0.6) is 0 Å². The van der Waals surface area contributed by atoms with Gasteiger partial charge in [-0.1, -0.05) is 42.5 Å². The fourth-order valence-corrected chi connectivity index (χ4v) is 3.68. The number of carbonyl (C=O) groups is 1. The van der Waals surface area contributed by atoms with Crippen LogP contribution in [-0.2, 0) is 21.2 Å². The molecule has 0 aromatic heterocycles. The maximum absolute atomic E-state index is 12.3. The minimum absolute atomic E-state index is 0.147. The normalized spacial score (nSPS) is 16.9. The van der Waals surface area contributed by atoms with E-state index in [1.165, 1.54) is 6.07 Å². The largest absolute Gasteiger partial charge is 0.310 e. The van der Waals surface area contributed by atoms with Crippen LogP contribution in [0, 0.1) is 0 Å². The molecule has 2 aromatic rings. The molecule has 0 bridgehead atoms. The summed E-state index contributed by atoms with van der Waals surface area (Å²) in [5, 5.41) is 0. The van der Waals surface area contributed by atoms with Crippen LogP contribution in [-0.4, -0.2) is 27.4 Å². The van der Waals surface area contributed by atoms with E-state index in [0.29, 0.717) is 18.7 Å². The van der Waals surface area contributed by atoms with E-state index >= 15 is 0 Å². The molecule has 1 aliphatic rings. The van der Waals surface area contributed by atoms with E-state index in [0.717, 1.165) is 5.56 Å². The van der Waals surface area contributed by atoms with Gasteiger partial charge in [0.05, 0.1) is 12.2 Å². The Hall–Kier alpha value is -2.18. The Kier molecular flexibility index (Phi) is 3.96. The summed E-state index contributed by atoms with van der Waals surface area (Å²) in [7, 11) is -3.64. The summed E-state index contributed by atoms with van der Waals surface area (Å²) in [5.74, 6) is -0.246. The summed E-state index contributed by atoms with van der Waals surface area (Å²) in [5.41, 5.74) is 1.54. The Labute approximate surface area is 129 Å². The molecule has 6 heteroatoms. The van der Waals surface area contributed by atoms with E-state index in [4.69, 9.17) is 0 Å². The van der Waals surface area contributed by atoms with Crippen molar-refractivity contribution in [3.05, 3.63) is 60.2 Å². The second-order valence-corrected chi connectivity index (χ2v) is 6.81. The first kappa shape index (κ1) is 14.7. The molecule has 0 aliphatic carbocycles. The molecule has 0 saturated heterocycles. The molecule has 114 valence electrons. The van der Waals surface area contributed by atoms with Crippen molar-refractivity contribution in [2.75, 3.05) is 18.0 Å². The van der Waals surface area contributed by atoms with Crippen LogP contribution in [0.1, 0.15) is 5.56 Å². The molecule has 0 unspecified atom stereocenters. The number of nitrogens with one attached hydrogen (secondary N) is 1. The van der Waals surface area contributed by atoms with Crippen LogP contribution < -0.4 is 9.62 Å². The lowest BCUT2D eigenvalue weighted by Crippen LogP contribution is -2.37. The van der Waals surface area contributed by atoms with Crippen LogP contribution in [0.3, 0.4) is 0 Å². The lowest BCUT2D eigenvalue weighted by Gasteiger charge is -2.22. The van der Waals surface area contributed by atoms with Gasteiger partial charge < -0.3 is 4.90 Å². The predicted octanol–water partition coefficient (Wildman–Crippen LogP) is 1.55. The molecule has 0 fully saturated rings. The van der Waals surface area contributed by atoms with Gasteiger partial charge in [-0.05, 0) is 24.1 Å². The van der Waals surface area contributed by atoms with E-state index < -0.39 is 10.0 Å². The third-order valence-electron chi connectivity index (χ3n) is 3.63. The molecule has 0 atom stereocenters. The highest BCUT2D eigenvalue weighted by molar-refractivity contribution is 7.89. The van der Waals surface area contributed by atoms with Gasteiger partial charge in [0.1, 0.15) is 4.90 Å². The van der Waals surface area contributed by atoms with Crippen molar-refractivity contribution in [1.82, 2.24) is 4.72 Å². The quantitative estimate of drug-likeness (QED) is 0.934. The van der Waals surface area contributed by atoms with Crippen LogP contribution in [0.4, 0.5) is 5.69 Å². The number of carbonyl (C=O) groups excluding carboxylic acids is 1. The lowest BCUT2D eigenvalue weighted by atomic mass is 10.1. The van der Waals surface area contributed by atoms with Crippen LogP contribution >= 0.6 is 0 Å². The first-order valence-corrected chi connectivity index (χ1v) is 8.49. The smallest absolute Gasteiger partial charge is 0.243 e. The highest BCUT2D eigenvalue weighted by Gasteiger charge is 2.29. The fraction of sp³-hybridized carbons (Fsp3) is 0.188. The summed E-state index contributed by atoms with van der Waals surface area (Å²) in [6.45, 7) is 0.225. The molecule has 22 heavy (non-hydrogen) atoms. The number of rotatable bonds is 3. The van der Waals surface area contributed by atoms with Gasteiger partial charge in [-0.2, -0.15) is 0 Å². The SMILES string of the molecule is O=C1CNS(=O)(=O)c2ccccc2N1CCc1ccccc1. The zero-order chi connectivity index (χ0) is 15.6. The standard InChI is InChI=1S/C16H16N2O3S/c19-16-12-17-22(20,21)15-9-5-4-8-14(15)18(16)11-10-13-6-2-1-3-7-13/h1-9,17H,10-12H2. The van der Waals surface area contributed by atoms with Gasteiger partial charge in [-0.3, -0.25) is 4.79 Å². The van der Waals surface area contributed by atoms with Crippen molar-refractivity contribution >= 4 is 21.6 Å². The van der Waals surface area contributed by atoms with Crippen LogP contribution in [0.2, 0.25) is 0 Å². The van der Waals surface area contributed by atoms with Crippen molar-refractivity contribution in [3.63, 3.8) is 0 Å². The van der Waals surface area contributed by atoms with E-state index in [9.17, 15) is 13.2 Å². The minimum Gasteiger partial charge on any atom is -0.310 e. The monoisotopic (exact) mass is 316 g/mol. The maximum Gasteiger partial charge on any atom is 0.243 e. The van der Waals surface area contributed by atoms with Crippen molar-refractivity contribution in [1.29, 1.82) is 0 Å². The molecular weight excluding hydrogens is 300 g/mol. The average Bonchev–Trinajstić information content (AvgIpc) is 2.63. The van der Waals surface area contributed by atoms with Crippen LogP contribution in [0.15, 0.2) is 59.5 Å². The fourth-order valence-electron chi connectivity index (χ4n) is 2.50. The number of nitrogens with zero attached hydrogens (tertiary/aromatic N) is 1. The van der Waals surface area contributed by atoms with Gasteiger partial charge in [0.25, 0.3) is 0 Å². The van der Waals surface area contributed by atoms with E-state index in [-0.39, 0.29) is 17.3 Å². The average molecular weight is 316 g/mol. The molecule has 1 heterocycles. The topological polar surface area (TPSA) is 66.5 Å². The number of benzene rings is 2. The number of sulfonamides is 1. The Morgan fingerprint density at radius 2 is 1.68 bits per heavy atom. The highest BCUT2D eigenvalue weighted by Crippen LogP contribution is 2.27. The number of fused-ring (bicyclic) bond motifs is 1. The first-order chi connectivity index (χ1) is 10.6. The number of hydrogen-bond donors (Lipinski definition) is 1. The van der Waals surface area contributed by atoms with Crippen LogP contribution in [0.25, 0.3) is 0 Å². The Morgan fingerprint density at radius 3 is 2.45 bits per heavy atom. The van der Waals surface area contributed by atoms with E-state index in [1.807, 2.05) is 30.3 Å². The Balaban J connectivity index is 1.93. The van der Waals surface area contributed by atoms with E-state index in [2.05, 4.69) is 4.72 Å². The molecule has 0 spiro atoms. The van der Waals surface area contributed by atoms with Crippen molar-refractivity contribution < 1.29 is 13.2 Å². The third-order valence-corrected chi connectivity index (χ3v) is 5.08. The van der Waals surface area contributed by atoms with Crippen molar-refractivity contribution in [2.45, 2.75) is 11.3 Å². The summed E-state index contributed by atoms with van der Waals surface area (Å²) >= 11 is 0. The van der Waals surface area contributed by atoms with Gasteiger partial charge in [-0.15, -0.1) is 0 Å². The Morgan fingerprint density at radius 1 is 1.00 bits per heavy atom. The molecule has 0 radical (unpaired) electrons. The van der Waals surface area contributed by atoms with Gasteiger partial charge >= 0.3 is 0 Å². The summed E-state index contributed by atoms with van der Waals surface area (Å²) in [6, 6.07) is 16.4. The molecule has 1 N–H and O–H groups in total. The molecule has 1 amide bonds. The zero-order valence-electron chi connectivity index (χ0n) is 11.9. The molecule has 1 aliphatic heterocycles. The summed E-state index contributed by atoms with van der Waals surface area (Å²) < 4.78 is 26.7. The van der Waals surface area contributed by atoms with E-state index in [1.54, 1.807) is 23.1 Å². The number of anilines is 1. The van der Waals surface area contributed by atoms with Gasteiger partial charge in [0.15, 0.2) is 0 Å². The number of para-hydroxylation sites is 1.